The number of nitrogens with zero attached hydrogens (tertiary/aromatic N) is 2. The monoisotopic (exact) mass is 609 g/mol. The molecule has 3 rings (SSSR count). The molecule has 4 N–H and O–H groups in total. The third-order valence-electron chi connectivity index (χ3n) is 8.33. The Morgan fingerprint density at radius 1 is 1.00 bits per heavy atom. The van der Waals surface area contributed by atoms with E-state index >= 15 is 0 Å². The van der Waals surface area contributed by atoms with Gasteiger partial charge in [-0.2, -0.15) is 0 Å². The van der Waals surface area contributed by atoms with Gasteiger partial charge in [0.1, 0.15) is 29.4 Å². The topological polar surface area (TPSA) is 157 Å². The summed E-state index contributed by atoms with van der Waals surface area (Å²) < 4.78 is 12.0. The molecule has 11 nitrogen and oxygen atoms in total. The fourth-order valence-corrected chi connectivity index (χ4v) is 5.21. The predicted molar refractivity (Wildman–Crippen MR) is 172 cm³/mol. The summed E-state index contributed by atoms with van der Waals surface area (Å²) in [6, 6.07) is 1.68. The van der Waals surface area contributed by atoms with Crippen molar-refractivity contribution in [3.63, 3.8) is 0 Å². The first-order valence-electron chi connectivity index (χ1n) is 15.0. The number of hydrogen-bond acceptors (Lipinski definition) is 10. The van der Waals surface area contributed by atoms with Crippen LogP contribution in [0.5, 0.6) is 0 Å². The summed E-state index contributed by atoms with van der Waals surface area (Å²) >= 11 is 0. The molecule has 2 aliphatic rings. The second-order valence-electron chi connectivity index (χ2n) is 12.6. The highest BCUT2D eigenvalue weighted by Crippen LogP contribution is 2.33. The number of benzene rings is 2. The standard InChI is InChI=1S/C33H47N5O6/c1-15(2)20(8)35-14-23(39)26(21(9)43-33(42)28(16(3)4)38(10)11)37-32(41)22-13-12-17(5)30-27(22)36-25-18(6)24(34)29(40)19(7)31(25)44-30/h12-13,15-16,20-21,26,28,35H,14,34H2,1-11H3,(H,37,41). The van der Waals surface area contributed by atoms with Crippen LogP contribution in [0.25, 0.3) is 22.6 Å². The van der Waals surface area contributed by atoms with Gasteiger partial charge in [0, 0.05) is 17.2 Å². The Hall–Kier alpha value is -3.83. The Bertz CT molecular complexity index is 1570. The van der Waals surface area contributed by atoms with Gasteiger partial charge in [-0.15, -0.1) is 0 Å². The van der Waals surface area contributed by atoms with Crippen LogP contribution in [0, 0.1) is 32.6 Å². The maximum absolute atomic E-state index is 13.9. The van der Waals surface area contributed by atoms with Gasteiger partial charge in [-0.05, 0) is 72.2 Å². The van der Waals surface area contributed by atoms with Crippen molar-refractivity contribution < 1.29 is 23.5 Å². The number of rotatable bonds is 12. The van der Waals surface area contributed by atoms with E-state index in [2.05, 4.69) is 10.6 Å². The van der Waals surface area contributed by atoms with Gasteiger partial charge in [0.2, 0.25) is 5.43 Å². The highest BCUT2D eigenvalue weighted by Gasteiger charge is 2.34. The molecule has 0 saturated heterocycles. The van der Waals surface area contributed by atoms with Crippen LogP contribution in [-0.4, -0.2) is 72.4 Å². The number of carbonyl (C=O) groups is 3. The van der Waals surface area contributed by atoms with Gasteiger partial charge < -0.3 is 25.5 Å². The average molecular weight is 610 g/mol. The number of fused-ring (bicyclic) bond motifs is 2. The summed E-state index contributed by atoms with van der Waals surface area (Å²) in [7, 11) is 3.58. The van der Waals surface area contributed by atoms with Crippen molar-refractivity contribution in [3.05, 3.63) is 44.6 Å². The van der Waals surface area contributed by atoms with E-state index in [1.807, 2.05) is 41.5 Å². The predicted octanol–water partition coefficient (Wildman–Crippen LogP) is 3.62. The van der Waals surface area contributed by atoms with Crippen molar-refractivity contribution in [2.24, 2.45) is 11.8 Å². The van der Waals surface area contributed by atoms with Crippen molar-refractivity contribution >= 4 is 34.4 Å². The molecule has 4 atom stereocenters. The molecule has 0 fully saturated rings. The van der Waals surface area contributed by atoms with Gasteiger partial charge in [-0.1, -0.05) is 33.8 Å². The molecular formula is C33H47N5O6. The minimum atomic E-state index is -1.15. The molecule has 0 saturated carbocycles. The summed E-state index contributed by atoms with van der Waals surface area (Å²) in [5.74, 6) is -0.869. The second-order valence-corrected chi connectivity index (χ2v) is 12.6. The number of carbonyl (C=O) groups excluding carboxylic acids is 3. The molecule has 0 radical (unpaired) electrons. The zero-order valence-electron chi connectivity index (χ0n) is 27.7. The van der Waals surface area contributed by atoms with Gasteiger partial charge in [0.25, 0.3) is 5.91 Å². The first kappa shape index (κ1) is 34.7. The lowest BCUT2D eigenvalue weighted by atomic mass is 10.0. The van der Waals surface area contributed by atoms with Crippen LogP contribution >= 0.6 is 0 Å². The van der Waals surface area contributed by atoms with E-state index in [1.165, 1.54) is 0 Å². The van der Waals surface area contributed by atoms with E-state index in [4.69, 9.17) is 19.9 Å². The molecule has 1 heterocycles. The molecule has 44 heavy (non-hydrogen) atoms. The van der Waals surface area contributed by atoms with E-state index < -0.39 is 30.1 Å². The number of nitrogens with two attached hydrogens (primary N) is 1. The molecule has 4 unspecified atom stereocenters. The molecule has 1 amide bonds. The van der Waals surface area contributed by atoms with Crippen molar-refractivity contribution in [2.75, 3.05) is 26.4 Å². The lowest BCUT2D eigenvalue weighted by Crippen LogP contribution is -2.54. The SMILES string of the molecule is Cc1c2nc3c(C(=O)NC(C(=O)CNC(C)C(C)C)C(C)OC(=O)C(C(C)C)N(C)C)ccc(C)c3oc-2c(C)c(=O)c1N. The molecular weight excluding hydrogens is 562 g/mol. The number of ketones is 1. The van der Waals surface area contributed by atoms with Crippen molar-refractivity contribution in [3.8, 4) is 11.5 Å². The lowest BCUT2D eigenvalue weighted by molar-refractivity contribution is -0.157. The number of likely N-dealkylation sites (N-methyl/N-ethyl adjacent to an activating group) is 1. The second kappa shape index (κ2) is 13.9. The fourth-order valence-electron chi connectivity index (χ4n) is 5.21. The molecule has 0 aromatic heterocycles. The largest absolute Gasteiger partial charge is 0.459 e. The quantitative estimate of drug-likeness (QED) is 0.157. The van der Waals surface area contributed by atoms with Crippen LogP contribution in [0.3, 0.4) is 0 Å². The van der Waals surface area contributed by atoms with Crippen LogP contribution in [-0.2, 0) is 14.3 Å². The first-order valence-corrected chi connectivity index (χ1v) is 15.0. The molecule has 11 heteroatoms. The number of anilines is 1. The van der Waals surface area contributed by atoms with E-state index in [-0.39, 0.29) is 52.4 Å². The highest BCUT2D eigenvalue weighted by atomic mass is 16.5. The van der Waals surface area contributed by atoms with Gasteiger partial charge in [0.15, 0.2) is 17.1 Å². The number of Topliss-reactive ketones (excluding diaryl/α,β-unsaturated/α-hetero) is 1. The number of hydrogen-bond donors (Lipinski definition) is 3. The van der Waals surface area contributed by atoms with Gasteiger partial charge in [0.05, 0.1) is 17.8 Å². The third kappa shape index (κ3) is 7.10. The maximum atomic E-state index is 13.9. The van der Waals surface area contributed by atoms with E-state index in [0.717, 1.165) is 0 Å². The number of amides is 1. The summed E-state index contributed by atoms with van der Waals surface area (Å²) in [4.78, 5) is 59.8. The van der Waals surface area contributed by atoms with Gasteiger partial charge in [-0.3, -0.25) is 24.1 Å². The van der Waals surface area contributed by atoms with Gasteiger partial charge in [-0.25, -0.2) is 4.98 Å². The van der Waals surface area contributed by atoms with Crippen LogP contribution in [0.15, 0.2) is 21.3 Å². The Kier molecular flexibility index (Phi) is 10.9. The van der Waals surface area contributed by atoms with Gasteiger partial charge >= 0.3 is 5.97 Å². The third-order valence-corrected chi connectivity index (χ3v) is 8.33. The minimum absolute atomic E-state index is 0.0321. The van der Waals surface area contributed by atoms with Crippen molar-refractivity contribution in [1.29, 1.82) is 0 Å². The smallest absolute Gasteiger partial charge is 0.323 e. The summed E-state index contributed by atoms with van der Waals surface area (Å²) in [6.45, 7) is 16.6. The summed E-state index contributed by atoms with van der Waals surface area (Å²) in [6.07, 6.45) is -0.966. The fraction of sp³-hybridized carbons (Fsp3) is 0.545. The average Bonchev–Trinajstić information content (AvgIpc) is 2.95. The minimum Gasteiger partial charge on any atom is -0.459 e. The normalized spacial score (nSPS) is 14.7. The molecule has 1 aliphatic carbocycles. The Morgan fingerprint density at radius 2 is 1.64 bits per heavy atom. The molecule has 1 aliphatic heterocycles. The number of aryl methyl sites for hydroxylation is 1. The van der Waals surface area contributed by atoms with Crippen LogP contribution in [0.4, 0.5) is 5.69 Å². The van der Waals surface area contributed by atoms with Crippen molar-refractivity contribution in [2.45, 2.75) is 86.5 Å². The Morgan fingerprint density at radius 3 is 2.20 bits per heavy atom. The van der Waals surface area contributed by atoms with Crippen LogP contribution in [0.2, 0.25) is 0 Å². The van der Waals surface area contributed by atoms with Crippen molar-refractivity contribution in [1.82, 2.24) is 20.5 Å². The van der Waals surface area contributed by atoms with Crippen LogP contribution < -0.4 is 21.8 Å². The maximum Gasteiger partial charge on any atom is 0.323 e. The number of aromatic nitrogens is 1. The number of esters is 1. The highest BCUT2D eigenvalue weighted by molar-refractivity contribution is 6.07. The molecule has 240 valence electrons. The molecule has 0 spiro atoms. The first-order chi connectivity index (χ1) is 20.5. The summed E-state index contributed by atoms with van der Waals surface area (Å²) in [5.41, 5.74) is 8.40. The lowest BCUT2D eigenvalue weighted by Gasteiger charge is -2.30. The van der Waals surface area contributed by atoms with E-state index in [0.29, 0.717) is 33.7 Å². The summed E-state index contributed by atoms with van der Waals surface area (Å²) in [5, 5.41) is 6.03. The number of ether oxygens (including phenoxy) is 1. The van der Waals surface area contributed by atoms with Crippen LogP contribution in [0.1, 0.15) is 68.6 Å². The Balaban J connectivity index is 2.06. The number of nitrogens with one attached hydrogen (secondary N) is 2. The molecule has 1 aromatic carbocycles. The zero-order chi connectivity index (χ0) is 33.2. The Labute approximate surface area is 259 Å². The van der Waals surface area contributed by atoms with E-state index in [9.17, 15) is 19.2 Å². The van der Waals surface area contributed by atoms with E-state index in [1.54, 1.807) is 51.9 Å². The zero-order valence-corrected chi connectivity index (χ0v) is 27.7. The molecule has 0 bridgehead atoms. The number of nitrogen functional groups attached to an aromatic ring is 1. The molecule has 1 aromatic rings.